The predicted octanol–water partition coefficient (Wildman–Crippen LogP) is 2.23. The molecular weight excluding hydrogens is 244 g/mol. The first-order valence-electron chi connectivity index (χ1n) is 6.40. The van der Waals surface area contributed by atoms with Gasteiger partial charge in [0, 0.05) is 12.6 Å². The van der Waals surface area contributed by atoms with Crippen LogP contribution in [0.1, 0.15) is 25.5 Å². The van der Waals surface area contributed by atoms with E-state index in [1.54, 1.807) is 7.11 Å². The largest absolute Gasteiger partial charge is 0.495 e. The number of imidazole rings is 1. The molecule has 0 aliphatic heterocycles. The number of hydrogen-bond donors (Lipinski definition) is 0. The summed E-state index contributed by atoms with van der Waals surface area (Å²) in [6.45, 7) is 2.46. The molecule has 5 heteroatoms. The number of methoxy groups -OCH3 is 1. The van der Waals surface area contributed by atoms with Gasteiger partial charge in [0.05, 0.1) is 32.0 Å². The molecule has 19 heavy (non-hydrogen) atoms. The van der Waals surface area contributed by atoms with Crippen LogP contribution < -0.4 is 4.74 Å². The van der Waals surface area contributed by atoms with Crippen LogP contribution in [0.5, 0.6) is 5.75 Å². The number of fused-ring (bicyclic) bond motifs is 1. The van der Waals surface area contributed by atoms with Crippen molar-refractivity contribution in [3.63, 3.8) is 0 Å². The fraction of sp³-hybridized carbons (Fsp3) is 0.429. The van der Waals surface area contributed by atoms with Gasteiger partial charge in [0.2, 0.25) is 0 Å². The van der Waals surface area contributed by atoms with Crippen molar-refractivity contribution >= 4 is 11.6 Å². The van der Waals surface area contributed by atoms with Gasteiger partial charge in [-0.1, -0.05) is 6.92 Å². The van der Waals surface area contributed by atoms with Crippen molar-refractivity contribution in [2.24, 2.45) is 0 Å². The Morgan fingerprint density at radius 3 is 2.95 bits per heavy atom. The average Bonchev–Trinajstić information content (AvgIpc) is 2.84. The van der Waals surface area contributed by atoms with E-state index in [9.17, 15) is 4.79 Å². The van der Waals surface area contributed by atoms with Crippen molar-refractivity contribution in [2.75, 3.05) is 13.7 Å². The van der Waals surface area contributed by atoms with Crippen molar-refractivity contribution < 1.29 is 14.3 Å². The fourth-order valence-corrected chi connectivity index (χ4v) is 1.78. The molecule has 0 unspecified atom stereocenters. The Kier molecular flexibility index (Phi) is 4.39. The van der Waals surface area contributed by atoms with Crippen LogP contribution in [0.25, 0.3) is 5.65 Å². The Morgan fingerprint density at radius 2 is 2.21 bits per heavy atom. The first kappa shape index (κ1) is 13.4. The highest BCUT2D eigenvalue weighted by Gasteiger charge is 2.07. The van der Waals surface area contributed by atoms with Gasteiger partial charge >= 0.3 is 5.97 Å². The molecule has 0 aliphatic rings. The van der Waals surface area contributed by atoms with Crippen LogP contribution in [0.4, 0.5) is 0 Å². The van der Waals surface area contributed by atoms with E-state index in [1.807, 2.05) is 35.9 Å². The molecule has 0 saturated carbocycles. The molecule has 0 aromatic carbocycles. The Morgan fingerprint density at radius 1 is 1.37 bits per heavy atom. The first-order valence-corrected chi connectivity index (χ1v) is 6.40. The molecule has 0 atom stereocenters. The molecule has 2 aromatic heterocycles. The molecule has 2 aromatic rings. The third-order valence-electron chi connectivity index (χ3n) is 2.76. The predicted molar refractivity (Wildman–Crippen MR) is 71.3 cm³/mol. The van der Waals surface area contributed by atoms with Gasteiger partial charge in [0.15, 0.2) is 0 Å². The van der Waals surface area contributed by atoms with Gasteiger partial charge in [-0.05, 0) is 18.6 Å². The topological polar surface area (TPSA) is 52.8 Å². The normalized spacial score (nSPS) is 10.6. The molecule has 0 amide bonds. The second-order valence-corrected chi connectivity index (χ2v) is 4.29. The number of carbonyl (C=O) groups is 1. The summed E-state index contributed by atoms with van der Waals surface area (Å²) in [5.41, 5.74) is 1.72. The summed E-state index contributed by atoms with van der Waals surface area (Å²) in [4.78, 5) is 15.9. The van der Waals surface area contributed by atoms with Crippen molar-refractivity contribution in [3.8, 4) is 5.75 Å². The van der Waals surface area contributed by atoms with Gasteiger partial charge in [-0.15, -0.1) is 0 Å². The number of aryl methyl sites for hydroxylation is 1. The Balaban J connectivity index is 1.99. The van der Waals surface area contributed by atoms with Crippen molar-refractivity contribution in [3.05, 3.63) is 30.2 Å². The Hall–Kier alpha value is -2.04. The second kappa shape index (κ2) is 6.22. The van der Waals surface area contributed by atoms with Crippen LogP contribution >= 0.6 is 0 Å². The van der Waals surface area contributed by atoms with E-state index in [0.29, 0.717) is 19.4 Å². The summed E-state index contributed by atoms with van der Waals surface area (Å²) >= 11 is 0. The average molecular weight is 262 g/mol. The minimum absolute atomic E-state index is 0.170. The SMILES string of the molecule is CCCOC(=O)CCc1cn2cc(OC)ccc2n1. The van der Waals surface area contributed by atoms with Crippen LogP contribution in [0.2, 0.25) is 0 Å². The summed E-state index contributed by atoms with van der Waals surface area (Å²) < 4.78 is 12.1. The van der Waals surface area contributed by atoms with Crippen LogP contribution in [-0.2, 0) is 16.0 Å². The van der Waals surface area contributed by atoms with E-state index in [-0.39, 0.29) is 5.97 Å². The quantitative estimate of drug-likeness (QED) is 0.749. The summed E-state index contributed by atoms with van der Waals surface area (Å²) in [5.74, 6) is 0.607. The molecule has 0 radical (unpaired) electrons. The third kappa shape index (κ3) is 3.47. The summed E-state index contributed by atoms with van der Waals surface area (Å²) in [6, 6.07) is 3.75. The van der Waals surface area contributed by atoms with E-state index in [4.69, 9.17) is 9.47 Å². The summed E-state index contributed by atoms with van der Waals surface area (Å²) in [5, 5.41) is 0. The van der Waals surface area contributed by atoms with E-state index in [0.717, 1.165) is 23.5 Å². The smallest absolute Gasteiger partial charge is 0.306 e. The molecule has 102 valence electrons. The van der Waals surface area contributed by atoms with Gasteiger partial charge in [0.25, 0.3) is 0 Å². The molecule has 2 rings (SSSR count). The van der Waals surface area contributed by atoms with E-state index in [1.165, 1.54) is 0 Å². The zero-order chi connectivity index (χ0) is 13.7. The van der Waals surface area contributed by atoms with Gasteiger partial charge in [-0.25, -0.2) is 4.98 Å². The molecule has 0 aliphatic carbocycles. The van der Waals surface area contributed by atoms with E-state index < -0.39 is 0 Å². The molecule has 0 N–H and O–H groups in total. The van der Waals surface area contributed by atoms with Crippen LogP contribution in [-0.4, -0.2) is 29.1 Å². The zero-order valence-corrected chi connectivity index (χ0v) is 11.3. The molecule has 2 heterocycles. The van der Waals surface area contributed by atoms with Crippen LogP contribution in [0.15, 0.2) is 24.5 Å². The number of carbonyl (C=O) groups excluding carboxylic acids is 1. The molecule has 0 saturated heterocycles. The monoisotopic (exact) mass is 262 g/mol. The lowest BCUT2D eigenvalue weighted by molar-refractivity contribution is -0.143. The van der Waals surface area contributed by atoms with Crippen molar-refractivity contribution in [2.45, 2.75) is 26.2 Å². The zero-order valence-electron chi connectivity index (χ0n) is 11.3. The lowest BCUT2D eigenvalue weighted by Gasteiger charge is -2.00. The number of nitrogens with zero attached hydrogens (tertiary/aromatic N) is 2. The number of hydrogen-bond acceptors (Lipinski definition) is 4. The number of ether oxygens (including phenoxy) is 2. The Labute approximate surface area is 112 Å². The van der Waals surface area contributed by atoms with Crippen LogP contribution in [0, 0.1) is 0 Å². The lowest BCUT2D eigenvalue weighted by Crippen LogP contribution is -2.06. The van der Waals surface area contributed by atoms with Crippen molar-refractivity contribution in [1.82, 2.24) is 9.38 Å². The van der Waals surface area contributed by atoms with Crippen LogP contribution in [0.3, 0.4) is 0 Å². The highest BCUT2D eigenvalue weighted by atomic mass is 16.5. The maximum atomic E-state index is 11.4. The highest BCUT2D eigenvalue weighted by Crippen LogP contribution is 2.14. The third-order valence-corrected chi connectivity index (χ3v) is 2.76. The summed E-state index contributed by atoms with van der Waals surface area (Å²) in [7, 11) is 1.63. The molecule has 5 nitrogen and oxygen atoms in total. The minimum atomic E-state index is -0.170. The molecule has 0 bridgehead atoms. The van der Waals surface area contributed by atoms with Crippen molar-refractivity contribution in [1.29, 1.82) is 0 Å². The molecule has 0 spiro atoms. The first-order chi connectivity index (χ1) is 9.22. The fourth-order valence-electron chi connectivity index (χ4n) is 1.78. The number of rotatable bonds is 6. The maximum Gasteiger partial charge on any atom is 0.306 e. The van der Waals surface area contributed by atoms with Gasteiger partial charge in [0.1, 0.15) is 11.4 Å². The second-order valence-electron chi connectivity index (χ2n) is 4.29. The van der Waals surface area contributed by atoms with Gasteiger partial charge < -0.3 is 13.9 Å². The van der Waals surface area contributed by atoms with Gasteiger partial charge in [-0.2, -0.15) is 0 Å². The Bertz CT molecular complexity index is 563. The standard InChI is InChI=1S/C14H18N2O3/c1-3-8-19-14(17)7-4-11-9-16-10-12(18-2)5-6-13(16)15-11/h5-6,9-10H,3-4,7-8H2,1-2H3. The lowest BCUT2D eigenvalue weighted by atomic mass is 10.2. The van der Waals surface area contributed by atoms with E-state index >= 15 is 0 Å². The highest BCUT2D eigenvalue weighted by molar-refractivity contribution is 5.69. The number of pyridine rings is 1. The van der Waals surface area contributed by atoms with Gasteiger partial charge in [-0.3, -0.25) is 4.79 Å². The molecule has 0 fully saturated rings. The number of aromatic nitrogens is 2. The summed E-state index contributed by atoms with van der Waals surface area (Å²) in [6.07, 6.45) is 5.57. The van der Waals surface area contributed by atoms with E-state index in [2.05, 4.69) is 4.98 Å². The number of esters is 1. The molecular formula is C14H18N2O3. The maximum absolute atomic E-state index is 11.4. The minimum Gasteiger partial charge on any atom is -0.495 e.